The highest BCUT2D eigenvalue weighted by molar-refractivity contribution is 14.1. The molecule has 3 rings (SSSR count). The Morgan fingerprint density at radius 1 is 1.17 bits per heavy atom. The van der Waals surface area contributed by atoms with Gasteiger partial charge in [0.2, 0.25) is 10.0 Å². The predicted molar refractivity (Wildman–Crippen MR) is 117 cm³/mol. The molecule has 29 heavy (non-hydrogen) atoms. The fraction of sp³-hybridized carbons (Fsp3) is 0.105. The van der Waals surface area contributed by atoms with Crippen molar-refractivity contribution >= 4 is 44.1 Å². The Morgan fingerprint density at radius 3 is 2.48 bits per heavy atom. The summed E-state index contributed by atoms with van der Waals surface area (Å²) in [5, 5.41) is 8.28. The fourth-order valence-corrected chi connectivity index (χ4v) is 4.08. The van der Waals surface area contributed by atoms with E-state index in [0.29, 0.717) is 3.57 Å². The van der Waals surface area contributed by atoms with Gasteiger partial charge in [-0.15, -0.1) is 0 Å². The summed E-state index contributed by atoms with van der Waals surface area (Å²) in [5.74, 6) is -0.249. The van der Waals surface area contributed by atoms with Crippen LogP contribution in [0.3, 0.4) is 0 Å². The van der Waals surface area contributed by atoms with Crippen molar-refractivity contribution in [3.63, 3.8) is 0 Å². The average molecular weight is 529 g/mol. The van der Waals surface area contributed by atoms with Gasteiger partial charge < -0.3 is 10.1 Å². The van der Waals surface area contributed by atoms with Crippen LogP contribution >= 0.6 is 22.6 Å². The molecule has 1 heterocycles. The average Bonchev–Trinajstić information content (AvgIpc) is 2.66. The smallest absolute Gasteiger partial charge is 0.255 e. The lowest BCUT2D eigenvalue weighted by atomic mass is 10.0. The van der Waals surface area contributed by atoms with Gasteiger partial charge >= 0.3 is 0 Å². The van der Waals surface area contributed by atoms with E-state index in [0.717, 1.165) is 0 Å². The molecule has 3 aromatic rings. The van der Waals surface area contributed by atoms with Gasteiger partial charge in [0.1, 0.15) is 17.4 Å². The first kappa shape index (κ1) is 21.3. The molecule has 152 valence electrons. The molecular weight excluding hydrogens is 512 g/mol. The van der Waals surface area contributed by atoms with Crippen LogP contribution in [-0.2, 0) is 17.1 Å². The lowest BCUT2D eigenvalue weighted by Gasteiger charge is -2.20. The van der Waals surface area contributed by atoms with Crippen LogP contribution in [0.5, 0.6) is 5.75 Å². The van der Waals surface area contributed by atoms with E-state index in [2.05, 4.69) is 5.32 Å². The van der Waals surface area contributed by atoms with Crippen molar-refractivity contribution in [3.05, 3.63) is 68.3 Å². The normalized spacial score (nSPS) is 11.3. The summed E-state index contributed by atoms with van der Waals surface area (Å²) in [6.45, 7) is 0. The Balaban J connectivity index is 2.36. The summed E-state index contributed by atoms with van der Waals surface area (Å²) in [7, 11) is -1.24. The fourth-order valence-electron chi connectivity index (χ4n) is 2.88. The van der Waals surface area contributed by atoms with E-state index in [9.17, 15) is 17.6 Å². The second kappa shape index (κ2) is 8.13. The van der Waals surface area contributed by atoms with E-state index in [-0.39, 0.29) is 33.3 Å². The third kappa shape index (κ3) is 4.28. The maximum Gasteiger partial charge on any atom is 0.255 e. The van der Waals surface area contributed by atoms with Crippen LogP contribution in [0.4, 0.5) is 15.9 Å². The van der Waals surface area contributed by atoms with Crippen LogP contribution in [-0.4, -0.2) is 20.1 Å². The predicted octanol–water partition coefficient (Wildman–Crippen LogP) is 3.20. The summed E-state index contributed by atoms with van der Waals surface area (Å²) in [5.41, 5.74) is 0.170. The van der Waals surface area contributed by atoms with E-state index in [1.54, 1.807) is 12.1 Å². The van der Waals surface area contributed by atoms with Gasteiger partial charge in [-0.1, -0.05) is 18.2 Å². The van der Waals surface area contributed by atoms with E-state index >= 15 is 0 Å². The monoisotopic (exact) mass is 529 g/mol. The van der Waals surface area contributed by atoms with E-state index in [1.165, 1.54) is 55.1 Å². The lowest BCUT2D eigenvalue weighted by Crippen LogP contribution is -2.21. The van der Waals surface area contributed by atoms with E-state index in [1.807, 2.05) is 22.6 Å². The number of ether oxygens (including phenoxy) is 1. The van der Waals surface area contributed by atoms with Gasteiger partial charge in [0.05, 0.1) is 23.3 Å². The standard InChI is InChI=1S/C19H17FIN3O4S/c1-24-17(25)10-15(28-2)18(12-5-3-4-6-16(12)29(22,26)27)19(24)23-14-8-7-11(21)9-13(14)20/h3-10,23H,1-2H3,(H2,22,26,27). The molecule has 0 aliphatic carbocycles. The van der Waals surface area contributed by atoms with Crippen molar-refractivity contribution in [1.29, 1.82) is 0 Å². The van der Waals surface area contributed by atoms with E-state index < -0.39 is 21.4 Å². The highest BCUT2D eigenvalue weighted by atomic mass is 127. The minimum atomic E-state index is -4.08. The summed E-state index contributed by atoms with van der Waals surface area (Å²) < 4.78 is 46.0. The molecule has 0 saturated heterocycles. The molecule has 0 amide bonds. The van der Waals surface area contributed by atoms with Crippen LogP contribution in [0.1, 0.15) is 0 Å². The number of rotatable bonds is 5. The number of primary sulfonamides is 1. The molecule has 0 aliphatic rings. The van der Waals surface area contributed by atoms with Crippen LogP contribution < -0.4 is 20.8 Å². The SMILES string of the molecule is COc1cc(=O)n(C)c(Nc2ccc(I)cc2F)c1-c1ccccc1S(N)(=O)=O. The highest BCUT2D eigenvalue weighted by Crippen LogP contribution is 2.40. The number of methoxy groups -OCH3 is 1. The summed E-state index contributed by atoms with van der Waals surface area (Å²) in [4.78, 5) is 12.3. The lowest BCUT2D eigenvalue weighted by molar-refractivity contribution is 0.414. The van der Waals surface area contributed by atoms with Crippen molar-refractivity contribution in [3.8, 4) is 16.9 Å². The Kier molecular flexibility index (Phi) is 5.96. The first-order chi connectivity index (χ1) is 13.6. The molecule has 0 spiro atoms. The van der Waals surface area contributed by atoms with Crippen molar-refractivity contribution in [2.24, 2.45) is 12.2 Å². The first-order valence-electron chi connectivity index (χ1n) is 8.25. The Hall–Kier alpha value is -2.44. The number of halogens is 2. The molecular formula is C19H17FIN3O4S. The van der Waals surface area contributed by atoms with Gasteiger partial charge in [-0.3, -0.25) is 9.36 Å². The molecule has 0 bridgehead atoms. The molecule has 7 nitrogen and oxygen atoms in total. The number of nitrogens with two attached hydrogens (primary N) is 1. The molecule has 0 saturated carbocycles. The van der Waals surface area contributed by atoms with E-state index in [4.69, 9.17) is 9.88 Å². The quantitative estimate of drug-likeness (QED) is 0.495. The summed E-state index contributed by atoms with van der Waals surface area (Å²) >= 11 is 1.98. The van der Waals surface area contributed by atoms with Crippen LogP contribution in [0.25, 0.3) is 11.1 Å². The number of aromatic nitrogens is 1. The number of hydrogen-bond acceptors (Lipinski definition) is 5. The van der Waals surface area contributed by atoms with Crippen LogP contribution in [0.15, 0.2) is 58.2 Å². The van der Waals surface area contributed by atoms with Gasteiger partial charge in [-0.05, 0) is 46.9 Å². The van der Waals surface area contributed by atoms with Crippen molar-refractivity contribution < 1.29 is 17.5 Å². The zero-order chi connectivity index (χ0) is 21.3. The van der Waals surface area contributed by atoms with Crippen molar-refractivity contribution in [2.75, 3.05) is 12.4 Å². The molecule has 0 aliphatic heterocycles. The Bertz CT molecular complexity index is 1260. The first-order valence-corrected chi connectivity index (χ1v) is 10.9. The maximum absolute atomic E-state index is 14.5. The maximum atomic E-state index is 14.5. The number of anilines is 2. The minimum absolute atomic E-state index is 0.114. The van der Waals surface area contributed by atoms with Crippen molar-refractivity contribution in [2.45, 2.75) is 4.90 Å². The Morgan fingerprint density at radius 2 is 1.86 bits per heavy atom. The molecule has 0 atom stereocenters. The summed E-state index contributed by atoms with van der Waals surface area (Å²) in [6, 6.07) is 11.8. The number of hydrogen-bond donors (Lipinski definition) is 2. The number of nitrogens with zero attached hydrogens (tertiary/aromatic N) is 1. The third-order valence-electron chi connectivity index (χ3n) is 4.27. The Labute approximate surface area is 180 Å². The number of pyridine rings is 1. The minimum Gasteiger partial charge on any atom is -0.496 e. The zero-order valence-corrected chi connectivity index (χ0v) is 18.4. The largest absolute Gasteiger partial charge is 0.496 e. The molecule has 0 unspecified atom stereocenters. The number of sulfonamides is 1. The molecule has 3 N–H and O–H groups in total. The molecule has 0 radical (unpaired) electrons. The topological polar surface area (TPSA) is 103 Å². The highest BCUT2D eigenvalue weighted by Gasteiger charge is 2.23. The van der Waals surface area contributed by atoms with Gasteiger partial charge in [0, 0.05) is 22.2 Å². The van der Waals surface area contributed by atoms with Gasteiger partial charge in [0.25, 0.3) is 5.56 Å². The van der Waals surface area contributed by atoms with Gasteiger partial charge in [0.15, 0.2) is 0 Å². The zero-order valence-electron chi connectivity index (χ0n) is 15.4. The van der Waals surface area contributed by atoms with Crippen LogP contribution in [0.2, 0.25) is 0 Å². The molecule has 10 heteroatoms. The summed E-state index contributed by atoms with van der Waals surface area (Å²) in [6.07, 6.45) is 0. The van der Waals surface area contributed by atoms with Gasteiger partial charge in [-0.25, -0.2) is 17.9 Å². The number of benzene rings is 2. The van der Waals surface area contributed by atoms with Gasteiger partial charge in [-0.2, -0.15) is 0 Å². The van der Waals surface area contributed by atoms with Crippen LogP contribution in [0, 0.1) is 9.39 Å². The third-order valence-corrected chi connectivity index (χ3v) is 5.91. The molecule has 0 fully saturated rings. The number of nitrogens with one attached hydrogen (secondary N) is 1. The second-order valence-corrected chi connectivity index (χ2v) is 8.90. The molecule has 2 aromatic carbocycles. The second-order valence-electron chi connectivity index (χ2n) is 6.12. The molecule has 1 aromatic heterocycles. The van der Waals surface area contributed by atoms with Crippen molar-refractivity contribution in [1.82, 2.24) is 4.57 Å².